The Morgan fingerprint density at radius 3 is 2.62 bits per heavy atom. The van der Waals surface area contributed by atoms with Crippen LogP contribution in [0.1, 0.15) is 57.6 Å². The van der Waals surface area contributed by atoms with Crippen LogP contribution in [0.5, 0.6) is 11.5 Å². The van der Waals surface area contributed by atoms with Gasteiger partial charge >= 0.3 is 0 Å². The van der Waals surface area contributed by atoms with E-state index < -0.39 is 0 Å². The van der Waals surface area contributed by atoms with Crippen LogP contribution in [0.2, 0.25) is 0 Å². The van der Waals surface area contributed by atoms with Gasteiger partial charge in [-0.1, -0.05) is 33.6 Å². The molecule has 3 heteroatoms. The fourth-order valence-corrected chi connectivity index (χ4v) is 4.10. The summed E-state index contributed by atoms with van der Waals surface area (Å²) >= 11 is 0. The van der Waals surface area contributed by atoms with Gasteiger partial charge in [0.1, 0.15) is 11.5 Å². The Morgan fingerprint density at radius 2 is 2.05 bits per heavy atom. The lowest BCUT2D eigenvalue weighted by Crippen LogP contribution is -2.52. The molecule has 1 aliphatic carbocycles. The molecule has 0 saturated heterocycles. The van der Waals surface area contributed by atoms with E-state index >= 15 is 0 Å². The standard InChI is InChI=1S/C18H29NO2/c1-5-7-12-9-14-15(10-13(20)11-16(14)21-4)18(3,8-6-2)17(12)19/h10-12,17,20H,5-9,19H2,1-4H3. The molecular formula is C18H29NO2. The third-order valence-electron chi connectivity index (χ3n) is 5.17. The first kappa shape index (κ1) is 16.2. The zero-order chi connectivity index (χ0) is 15.6. The number of hydrogen-bond donors (Lipinski definition) is 2. The molecule has 2 rings (SSSR count). The summed E-state index contributed by atoms with van der Waals surface area (Å²) in [6.45, 7) is 6.66. The first-order chi connectivity index (χ1) is 9.97. The van der Waals surface area contributed by atoms with Crippen molar-refractivity contribution < 1.29 is 9.84 Å². The van der Waals surface area contributed by atoms with Crippen molar-refractivity contribution in [2.24, 2.45) is 11.7 Å². The monoisotopic (exact) mass is 291 g/mol. The van der Waals surface area contributed by atoms with Crippen molar-refractivity contribution in [3.05, 3.63) is 23.3 Å². The minimum atomic E-state index is -0.0891. The van der Waals surface area contributed by atoms with E-state index in [-0.39, 0.29) is 17.2 Å². The normalized spacial score (nSPS) is 28.2. The molecule has 1 aromatic rings. The lowest BCUT2D eigenvalue weighted by atomic mass is 9.61. The second kappa shape index (κ2) is 6.27. The minimum Gasteiger partial charge on any atom is -0.508 e. The predicted molar refractivity (Wildman–Crippen MR) is 87.0 cm³/mol. The van der Waals surface area contributed by atoms with E-state index in [4.69, 9.17) is 10.5 Å². The van der Waals surface area contributed by atoms with E-state index in [0.717, 1.165) is 37.9 Å². The Kier molecular flexibility index (Phi) is 4.82. The molecule has 3 unspecified atom stereocenters. The largest absolute Gasteiger partial charge is 0.508 e. The van der Waals surface area contributed by atoms with Crippen molar-refractivity contribution in [1.29, 1.82) is 0 Å². The van der Waals surface area contributed by atoms with Gasteiger partial charge in [-0.15, -0.1) is 0 Å². The average molecular weight is 291 g/mol. The van der Waals surface area contributed by atoms with Gasteiger partial charge in [-0.2, -0.15) is 0 Å². The van der Waals surface area contributed by atoms with Crippen molar-refractivity contribution in [3.63, 3.8) is 0 Å². The third-order valence-corrected chi connectivity index (χ3v) is 5.17. The number of phenolic OH excluding ortho intramolecular Hbond substituents is 1. The molecule has 0 saturated carbocycles. The summed E-state index contributed by atoms with van der Waals surface area (Å²) in [4.78, 5) is 0. The number of ether oxygens (including phenoxy) is 1. The van der Waals surface area contributed by atoms with Gasteiger partial charge < -0.3 is 15.6 Å². The molecule has 3 N–H and O–H groups in total. The molecule has 0 radical (unpaired) electrons. The van der Waals surface area contributed by atoms with Gasteiger partial charge in [0.2, 0.25) is 0 Å². The molecule has 0 spiro atoms. The van der Waals surface area contributed by atoms with E-state index in [1.54, 1.807) is 13.2 Å². The third kappa shape index (κ3) is 2.76. The van der Waals surface area contributed by atoms with Crippen LogP contribution < -0.4 is 10.5 Å². The average Bonchev–Trinajstić information content (AvgIpc) is 2.45. The maximum Gasteiger partial charge on any atom is 0.126 e. The van der Waals surface area contributed by atoms with Crippen LogP contribution >= 0.6 is 0 Å². The highest BCUT2D eigenvalue weighted by molar-refractivity contribution is 5.52. The smallest absolute Gasteiger partial charge is 0.126 e. The number of nitrogens with two attached hydrogens (primary N) is 1. The zero-order valence-electron chi connectivity index (χ0n) is 13.8. The van der Waals surface area contributed by atoms with Crippen LogP contribution in [-0.4, -0.2) is 18.3 Å². The fourth-order valence-electron chi connectivity index (χ4n) is 4.10. The lowest BCUT2D eigenvalue weighted by molar-refractivity contribution is 0.221. The Morgan fingerprint density at radius 1 is 1.33 bits per heavy atom. The van der Waals surface area contributed by atoms with Crippen molar-refractivity contribution >= 4 is 0 Å². The highest BCUT2D eigenvalue weighted by Gasteiger charge is 2.43. The van der Waals surface area contributed by atoms with Crippen LogP contribution in [0.25, 0.3) is 0 Å². The summed E-state index contributed by atoms with van der Waals surface area (Å²) < 4.78 is 5.53. The van der Waals surface area contributed by atoms with Gasteiger partial charge in [0, 0.05) is 17.5 Å². The van der Waals surface area contributed by atoms with Crippen molar-refractivity contribution in [2.45, 2.75) is 64.3 Å². The quantitative estimate of drug-likeness (QED) is 0.868. The first-order valence-electron chi connectivity index (χ1n) is 8.13. The molecule has 1 aromatic carbocycles. The molecule has 0 amide bonds. The summed E-state index contributed by atoms with van der Waals surface area (Å²) in [5.74, 6) is 1.56. The molecule has 3 nitrogen and oxygen atoms in total. The Hall–Kier alpha value is -1.22. The van der Waals surface area contributed by atoms with Crippen LogP contribution in [0.3, 0.4) is 0 Å². The molecule has 0 bridgehead atoms. The Bertz CT molecular complexity index is 500. The maximum absolute atomic E-state index is 10.0. The van der Waals surface area contributed by atoms with Crippen molar-refractivity contribution in [3.8, 4) is 11.5 Å². The Labute approximate surface area is 128 Å². The number of rotatable bonds is 5. The lowest BCUT2D eigenvalue weighted by Gasteiger charge is -2.46. The highest BCUT2D eigenvalue weighted by Crippen LogP contribution is 2.47. The second-order valence-corrected chi connectivity index (χ2v) is 6.62. The summed E-state index contributed by atoms with van der Waals surface area (Å²) in [7, 11) is 1.68. The molecule has 0 fully saturated rings. The van der Waals surface area contributed by atoms with E-state index in [1.165, 1.54) is 11.1 Å². The van der Waals surface area contributed by atoms with Gasteiger partial charge in [-0.25, -0.2) is 0 Å². The second-order valence-electron chi connectivity index (χ2n) is 6.62. The molecular weight excluding hydrogens is 262 g/mol. The van der Waals surface area contributed by atoms with Crippen LogP contribution in [0, 0.1) is 5.92 Å². The minimum absolute atomic E-state index is 0.0891. The summed E-state index contributed by atoms with van der Waals surface area (Å²) in [6, 6.07) is 3.76. The summed E-state index contributed by atoms with van der Waals surface area (Å²) in [5.41, 5.74) is 9.00. The number of fused-ring (bicyclic) bond motifs is 1. The first-order valence-corrected chi connectivity index (χ1v) is 8.13. The topological polar surface area (TPSA) is 55.5 Å². The molecule has 1 aliphatic rings. The van der Waals surface area contributed by atoms with Gasteiger partial charge in [0.15, 0.2) is 0 Å². The predicted octanol–water partition coefficient (Wildman–Crippen LogP) is 3.76. The molecule has 21 heavy (non-hydrogen) atoms. The summed E-state index contributed by atoms with van der Waals surface area (Å²) in [5, 5.41) is 10.0. The molecule has 3 atom stereocenters. The number of phenols is 1. The van der Waals surface area contributed by atoms with E-state index in [1.807, 2.05) is 6.07 Å². The van der Waals surface area contributed by atoms with E-state index in [0.29, 0.717) is 5.92 Å². The zero-order valence-corrected chi connectivity index (χ0v) is 13.8. The maximum atomic E-state index is 10.0. The van der Waals surface area contributed by atoms with E-state index in [9.17, 15) is 5.11 Å². The van der Waals surface area contributed by atoms with Gasteiger partial charge in [0.25, 0.3) is 0 Å². The van der Waals surface area contributed by atoms with Crippen LogP contribution in [0.15, 0.2) is 12.1 Å². The molecule has 0 heterocycles. The molecule has 0 aliphatic heterocycles. The summed E-state index contributed by atoms with van der Waals surface area (Å²) in [6.07, 6.45) is 5.36. The number of aromatic hydroxyl groups is 1. The van der Waals surface area contributed by atoms with Crippen LogP contribution in [-0.2, 0) is 11.8 Å². The van der Waals surface area contributed by atoms with E-state index in [2.05, 4.69) is 20.8 Å². The highest BCUT2D eigenvalue weighted by atomic mass is 16.5. The van der Waals surface area contributed by atoms with Gasteiger partial charge in [-0.3, -0.25) is 0 Å². The van der Waals surface area contributed by atoms with Crippen LogP contribution in [0.4, 0.5) is 0 Å². The van der Waals surface area contributed by atoms with Gasteiger partial charge in [-0.05, 0) is 42.4 Å². The Balaban J connectivity index is 2.58. The number of benzene rings is 1. The van der Waals surface area contributed by atoms with Gasteiger partial charge in [0.05, 0.1) is 7.11 Å². The van der Waals surface area contributed by atoms with Crippen molar-refractivity contribution in [2.75, 3.05) is 7.11 Å². The molecule has 0 aromatic heterocycles. The fraction of sp³-hybridized carbons (Fsp3) is 0.667. The SMILES string of the molecule is CCCC1Cc2c(OC)cc(O)cc2C(C)(CCC)C1N. The van der Waals surface area contributed by atoms with Crippen molar-refractivity contribution in [1.82, 2.24) is 0 Å². The molecule has 118 valence electrons. The number of methoxy groups -OCH3 is 1. The number of hydrogen-bond acceptors (Lipinski definition) is 3.